The van der Waals surface area contributed by atoms with Crippen molar-refractivity contribution < 1.29 is 9.21 Å². The Hall–Kier alpha value is -1.88. The first-order chi connectivity index (χ1) is 9.24. The van der Waals surface area contributed by atoms with Crippen molar-refractivity contribution in [3.05, 3.63) is 46.6 Å². The molecule has 5 nitrogen and oxygen atoms in total. The van der Waals surface area contributed by atoms with Crippen LogP contribution in [0.4, 0.5) is 0 Å². The number of nitrogens with one attached hydrogen (secondary N) is 1. The van der Waals surface area contributed by atoms with Crippen LogP contribution in [0.5, 0.6) is 0 Å². The van der Waals surface area contributed by atoms with Crippen molar-refractivity contribution in [3.63, 3.8) is 0 Å². The second-order valence-electron chi connectivity index (χ2n) is 4.46. The highest BCUT2D eigenvalue weighted by Crippen LogP contribution is 2.30. The number of halogens is 1. The van der Waals surface area contributed by atoms with Crippen LogP contribution >= 0.6 is 11.6 Å². The number of furan rings is 1. The third-order valence-corrected chi connectivity index (χ3v) is 3.42. The zero-order valence-corrected chi connectivity index (χ0v) is 10.9. The average molecular weight is 278 g/mol. The Bertz CT molecular complexity index is 594. The Labute approximate surface area is 115 Å². The number of aryl methyl sites for hydroxylation is 1. The quantitative estimate of drug-likeness (QED) is 0.916. The first kappa shape index (κ1) is 12.2. The van der Waals surface area contributed by atoms with Crippen LogP contribution in [0.3, 0.4) is 0 Å². The molecule has 0 fully saturated rings. The summed E-state index contributed by atoms with van der Waals surface area (Å²) in [6, 6.07) is 5.00. The fourth-order valence-electron chi connectivity index (χ4n) is 2.31. The summed E-state index contributed by atoms with van der Waals surface area (Å²) in [7, 11) is 0. The van der Waals surface area contributed by atoms with E-state index in [2.05, 4.69) is 15.5 Å². The van der Waals surface area contributed by atoms with Gasteiger partial charge in [-0.05, 0) is 31.0 Å². The molecule has 6 heteroatoms. The fourth-order valence-corrected chi connectivity index (χ4v) is 2.41. The Morgan fingerprint density at radius 3 is 3.05 bits per heavy atom. The zero-order chi connectivity index (χ0) is 13.2. The Morgan fingerprint density at radius 1 is 1.37 bits per heavy atom. The van der Waals surface area contributed by atoms with Crippen molar-refractivity contribution in [3.8, 4) is 0 Å². The Balaban J connectivity index is 1.76. The van der Waals surface area contributed by atoms with Gasteiger partial charge in [-0.25, -0.2) is 0 Å². The molecule has 1 aliphatic carbocycles. The van der Waals surface area contributed by atoms with Gasteiger partial charge < -0.3 is 9.73 Å². The van der Waals surface area contributed by atoms with E-state index in [-0.39, 0.29) is 22.8 Å². The Kier molecular flexibility index (Phi) is 3.21. The molecule has 0 bridgehead atoms. The van der Waals surface area contributed by atoms with E-state index in [1.54, 1.807) is 18.4 Å². The minimum Gasteiger partial charge on any atom is -0.469 e. The highest BCUT2D eigenvalue weighted by Gasteiger charge is 2.24. The van der Waals surface area contributed by atoms with Crippen molar-refractivity contribution in [2.24, 2.45) is 0 Å². The van der Waals surface area contributed by atoms with E-state index in [1.807, 2.05) is 6.07 Å². The molecule has 1 amide bonds. The van der Waals surface area contributed by atoms with Gasteiger partial charge in [0, 0.05) is 12.0 Å². The number of hydrogen-bond acceptors (Lipinski definition) is 4. The third-order valence-electron chi connectivity index (χ3n) is 3.22. The van der Waals surface area contributed by atoms with Crippen LogP contribution in [-0.2, 0) is 6.42 Å². The van der Waals surface area contributed by atoms with Gasteiger partial charge in [-0.15, -0.1) is 10.2 Å². The summed E-state index contributed by atoms with van der Waals surface area (Å²) in [6.45, 7) is 0. The number of fused-ring (bicyclic) bond motifs is 1. The molecule has 1 unspecified atom stereocenters. The van der Waals surface area contributed by atoms with Gasteiger partial charge in [-0.2, -0.15) is 0 Å². The molecule has 0 radical (unpaired) electrons. The van der Waals surface area contributed by atoms with E-state index >= 15 is 0 Å². The van der Waals surface area contributed by atoms with Crippen molar-refractivity contribution in [1.82, 2.24) is 15.5 Å². The molecular weight excluding hydrogens is 266 g/mol. The lowest BCUT2D eigenvalue weighted by atomic mass is 9.93. The summed E-state index contributed by atoms with van der Waals surface area (Å²) < 4.78 is 5.39. The summed E-state index contributed by atoms with van der Waals surface area (Å²) in [4.78, 5) is 12.1. The van der Waals surface area contributed by atoms with Crippen LogP contribution < -0.4 is 5.32 Å². The molecule has 0 aliphatic heterocycles. The predicted molar refractivity (Wildman–Crippen MR) is 68.9 cm³/mol. The van der Waals surface area contributed by atoms with Crippen molar-refractivity contribution in [2.45, 2.75) is 25.3 Å². The molecule has 1 aliphatic rings. The van der Waals surface area contributed by atoms with Crippen molar-refractivity contribution in [1.29, 1.82) is 0 Å². The summed E-state index contributed by atoms with van der Waals surface area (Å²) in [5, 5.41) is 10.7. The summed E-state index contributed by atoms with van der Waals surface area (Å²) in [6.07, 6.45) is 4.49. The Morgan fingerprint density at radius 2 is 2.26 bits per heavy atom. The number of carbonyl (C=O) groups is 1. The number of nitrogens with zero attached hydrogens (tertiary/aromatic N) is 2. The van der Waals surface area contributed by atoms with Gasteiger partial charge in [0.25, 0.3) is 5.91 Å². The minimum absolute atomic E-state index is 0.0209. The molecule has 1 N–H and O–H groups in total. The number of rotatable bonds is 2. The lowest BCUT2D eigenvalue weighted by molar-refractivity contribution is 0.0926. The summed E-state index contributed by atoms with van der Waals surface area (Å²) in [5.41, 5.74) is 1.32. The van der Waals surface area contributed by atoms with E-state index in [9.17, 15) is 4.79 Å². The van der Waals surface area contributed by atoms with Gasteiger partial charge in [0.1, 0.15) is 5.76 Å². The van der Waals surface area contributed by atoms with Gasteiger partial charge in [0.2, 0.25) is 0 Å². The van der Waals surface area contributed by atoms with Crippen molar-refractivity contribution >= 4 is 17.5 Å². The lowest BCUT2D eigenvalue weighted by Gasteiger charge is -2.22. The first-order valence-corrected chi connectivity index (χ1v) is 6.48. The molecule has 2 aromatic rings. The van der Waals surface area contributed by atoms with E-state index in [1.165, 1.54) is 0 Å². The second kappa shape index (κ2) is 5.01. The maximum Gasteiger partial charge on any atom is 0.272 e. The van der Waals surface area contributed by atoms with Gasteiger partial charge in [0.05, 0.1) is 12.3 Å². The van der Waals surface area contributed by atoms with Gasteiger partial charge >= 0.3 is 0 Å². The highest BCUT2D eigenvalue weighted by atomic mass is 35.5. The van der Waals surface area contributed by atoms with Crippen LogP contribution in [0.25, 0.3) is 0 Å². The molecule has 3 rings (SSSR count). The van der Waals surface area contributed by atoms with Crippen LogP contribution in [0.15, 0.2) is 28.9 Å². The van der Waals surface area contributed by atoms with Crippen LogP contribution in [-0.4, -0.2) is 16.1 Å². The molecular formula is C13H12ClN3O2. The molecule has 2 aromatic heterocycles. The smallest absolute Gasteiger partial charge is 0.272 e. The molecule has 19 heavy (non-hydrogen) atoms. The van der Waals surface area contributed by atoms with Crippen molar-refractivity contribution in [2.75, 3.05) is 0 Å². The largest absolute Gasteiger partial charge is 0.469 e. The monoisotopic (exact) mass is 277 g/mol. The maximum atomic E-state index is 12.1. The second-order valence-corrected chi connectivity index (χ2v) is 4.85. The topological polar surface area (TPSA) is 68.0 Å². The molecule has 1 atom stereocenters. The number of hydrogen-bond donors (Lipinski definition) is 1. The molecule has 0 saturated heterocycles. The van der Waals surface area contributed by atoms with Crippen LogP contribution in [0.2, 0.25) is 5.15 Å². The first-order valence-electron chi connectivity index (χ1n) is 6.10. The fraction of sp³-hybridized carbons (Fsp3) is 0.308. The summed E-state index contributed by atoms with van der Waals surface area (Å²) in [5.74, 6) is 0.710. The van der Waals surface area contributed by atoms with E-state index in [0.717, 1.165) is 30.6 Å². The predicted octanol–water partition coefficient (Wildman–Crippen LogP) is 2.53. The number of amides is 1. The SMILES string of the molecule is O=C(NC1CCCc2occc21)c1ccc(Cl)nn1. The van der Waals surface area contributed by atoms with E-state index in [4.69, 9.17) is 16.0 Å². The molecule has 98 valence electrons. The normalized spacial score (nSPS) is 17.8. The lowest BCUT2D eigenvalue weighted by Crippen LogP contribution is -2.31. The van der Waals surface area contributed by atoms with Crippen LogP contribution in [0, 0.1) is 0 Å². The minimum atomic E-state index is -0.247. The van der Waals surface area contributed by atoms with E-state index in [0.29, 0.717) is 0 Å². The zero-order valence-electron chi connectivity index (χ0n) is 10.1. The van der Waals surface area contributed by atoms with Gasteiger partial charge in [-0.1, -0.05) is 11.6 Å². The standard InChI is InChI=1S/C13H12ClN3O2/c14-12-5-4-10(16-17-12)13(18)15-9-2-1-3-11-8(9)6-7-19-11/h4-7,9H,1-3H2,(H,15,18). The molecule has 2 heterocycles. The number of carbonyl (C=O) groups excluding carboxylic acids is 1. The molecule has 0 aromatic carbocycles. The van der Waals surface area contributed by atoms with Crippen LogP contribution in [0.1, 0.15) is 40.7 Å². The average Bonchev–Trinajstić information content (AvgIpc) is 2.89. The molecule has 0 saturated carbocycles. The van der Waals surface area contributed by atoms with E-state index < -0.39 is 0 Å². The highest BCUT2D eigenvalue weighted by molar-refractivity contribution is 6.29. The third kappa shape index (κ3) is 2.46. The number of aromatic nitrogens is 2. The maximum absolute atomic E-state index is 12.1. The van der Waals surface area contributed by atoms with Gasteiger partial charge in [-0.3, -0.25) is 4.79 Å². The summed E-state index contributed by atoms with van der Waals surface area (Å²) >= 11 is 5.64. The van der Waals surface area contributed by atoms with Gasteiger partial charge in [0.15, 0.2) is 10.8 Å². The molecule has 0 spiro atoms.